The third-order valence-electron chi connectivity index (χ3n) is 6.49. The summed E-state index contributed by atoms with van der Waals surface area (Å²) in [7, 11) is 0. The summed E-state index contributed by atoms with van der Waals surface area (Å²) in [5.41, 5.74) is 5.44. The van der Waals surface area contributed by atoms with Gasteiger partial charge >= 0.3 is 0 Å². The van der Waals surface area contributed by atoms with Crippen LogP contribution in [0.25, 0.3) is 5.57 Å². The molecule has 1 saturated heterocycles. The summed E-state index contributed by atoms with van der Waals surface area (Å²) in [5, 5.41) is 0. The van der Waals surface area contributed by atoms with Crippen molar-refractivity contribution in [3.63, 3.8) is 0 Å². The van der Waals surface area contributed by atoms with Crippen LogP contribution in [-0.4, -0.2) is 22.9 Å². The Morgan fingerprint density at radius 2 is 1.77 bits per heavy atom. The zero-order valence-corrected chi connectivity index (χ0v) is 15.3. The summed E-state index contributed by atoms with van der Waals surface area (Å²) < 4.78 is 0. The summed E-state index contributed by atoms with van der Waals surface area (Å²) in [4.78, 5) is 15.5. The average Bonchev–Trinajstić information content (AvgIpc) is 3.42. The normalized spacial score (nSPS) is 29.4. The minimum Gasteiger partial charge on any atom is -0.333 e. The van der Waals surface area contributed by atoms with Crippen LogP contribution in [0, 0.1) is 12.8 Å². The van der Waals surface area contributed by atoms with Gasteiger partial charge in [0.05, 0.1) is 6.04 Å². The molecule has 0 N–H and O–H groups in total. The van der Waals surface area contributed by atoms with Gasteiger partial charge in [-0.15, -0.1) is 0 Å². The van der Waals surface area contributed by atoms with Crippen LogP contribution in [0.5, 0.6) is 0 Å². The Kier molecular flexibility index (Phi) is 3.74. The molecular formula is C24H25NO. The van der Waals surface area contributed by atoms with E-state index in [1.54, 1.807) is 0 Å². The van der Waals surface area contributed by atoms with Gasteiger partial charge in [-0.3, -0.25) is 4.79 Å². The van der Waals surface area contributed by atoms with E-state index in [9.17, 15) is 4.79 Å². The molecule has 2 aliphatic heterocycles. The van der Waals surface area contributed by atoms with Crippen molar-refractivity contribution in [2.45, 2.75) is 50.6 Å². The number of hydrogen-bond acceptors (Lipinski definition) is 1. The molecule has 2 aromatic rings. The lowest BCUT2D eigenvalue weighted by Gasteiger charge is -2.34. The van der Waals surface area contributed by atoms with Gasteiger partial charge in [-0.2, -0.15) is 0 Å². The zero-order chi connectivity index (χ0) is 17.7. The van der Waals surface area contributed by atoms with Crippen molar-refractivity contribution < 1.29 is 4.79 Å². The van der Waals surface area contributed by atoms with Gasteiger partial charge in [0.25, 0.3) is 0 Å². The number of benzene rings is 2. The number of amides is 1. The number of carbonyl (C=O) groups is 1. The van der Waals surface area contributed by atoms with Gasteiger partial charge in [0.2, 0.25) is 5.91 Å². The van der Waals surface area contributed by atoms with E-state index >= 15 is 0 Å². The van der Waals surface area contributed by atoms with Gasteiger partial charge < -0.3 is 4.90 Å². The first kappa shape index (κ1) is 15.9. The average molecular weight is 343 g/mol. The molecule has 132 valence electrons. The molecule has 5 rings (SSSR count). The molecule has 2 aromatic carbocycles. The molecule has 2 nitrogen and oxygen atoms in total. The number of hydrogen-bond donors (Lipinski definition) is 0. The molecule has 1 aliphatic carbocycles. The van der Waals surface area contributed by atoms with E-state index in [4.69, 9.17) is 0 Å². The molecule has 4 atom stereocenters. The molecule has 2 bridgehead atoms. The summed E-state index contributed by atoms with van der Waals surface area (Å²) >= 11 is 0. The molecule has 26 heavy (non-hydrogen) atoms. The van der Waals surface area contributed by atoms with Crippen LogP contribution in [0.15, 0.2) is 60.7 Å². The topological polar surface area (TPSA) is 20.3 Å². The first-order valence-corrected chi connectivity index (χ1v) is 9.86. The predicted molar refractivity (Wildman–Crippen MR) is 105 cm³/mol. The van der Waals surface area contributed by atoms with Crippen molar-refractivity contribution in [1.82, 2.24) is 4.90 Å². The lowest BCUT2D eigenvalue weighted by molar-refractivity contribution is -0.134. The Hall–Kier alpha value is -2.35. The fourth-order valence-electron chi connectivity index (χ4n) is 5.05. The largest absolute Gasteiger partial charge is 0.333 e. The van der Waals surface area contributed by atoms with E-state index in [1.165, 1.54) is 22.3 Å². The molecule has 0 radical (unpaired) electrons. The van der Waals surface area contributed by atoms with Crippen LogP contribution >= 0.6 is 0 Å². The van der Waals surface area contributed by atoms with Crippen LogP contribution in [0.4, 0.5) is 0 Å². The van der Waals surface area contributed by atoms with Crippen molar-refractivity contribution in [2.24, 2.45) is 5.92 Å². The highest BCUT2D eigenvalue weighted by molar-refractivity contribution is 5.85. The number of aryl methyl sites for hydroxylation is 1. The van der Waals surface area contributed by atoms with Gasteiger partial charge in [0.1, 0.15) is 0 Å². The monoisotopic (exact) mass is 343 g/mol. The number of fused-ring (bicyclic) bond motifs is 2. The van der Waals surface area contributed by atoms with Crippen LogP contribution in [0.2, 0.25) is 0 Å². The second kappa shape index (κ2) is 6.12. The fraction of sp³-hybridized carbons (Fsp3) is 0.375. The second-order valence-corrected chi connectivity index (χ2v) is 8.11. The Bertz CT molecular complexity index is 869. The molecule has 0 aromatic heterocycles. The zero-order valence-electron chi connectivity index (χ0n) is 15.3. The van der Waals surface area contributed by atoms with Crippen LogP contribution in [-0.2, 0) is 4.79 Å². The lowest BCUT2D eigenvalue weighted by atomic mass is 9.94. The van der Waals surface area contributed by atoms with E-state index in [0.717, 1.165) is 25.7 Å². The number of carbonyl (C=O) groups excluding carboxylic acids is 1. The highest BCUT2D eigenvalue weighted by Gasteiger charge is 2.50. The molecular weight excluding hydrogens is 318 g/mol. The lowest BCUT2D eigenvalue weighted by Crippen LogP contribution is -2.44. The van der Waals surface area contributed by atoms with E-state index in [2.05, 4.69) is 72.5 Å². The quantitative estimate of drug-likeness (QED) is 0.772. The van der Waals surface area contributed by atoms with Gasteiger partial charge in [-0.1, -0.05) is 60.7 Å². The first-order chi connectivity index (χ1) is 12.7. The van der Waals surface area contributed by atoms with Crippen LogP contribution in [0.1, 0.15) is 48.3 Å². The number of nitrogens with zero attached hydrogens (tertiary/aromatic N) is 1. The Morgan fingerprint density at radius 1 is 1.00 bits per heavy atom. The summed E-state index contributed by atoms with van der Waals surface area (Å²) in [5.74, 6) is 1.03. The van der Waals surface area contributed by atoms with Crippen LogP contribution < -0.4 is 0 Å². The van der Waals surface area contributed by atoms with Gasteiger partial charge in [-0.25, -0.2) is 0 Å². The third kappa shape index (κ3) is 2.59. The number of rotatable bonds is 3. The summed E-state index contributed by atoms with van der Waals surface area (Å²) in [6.45, 7) is 2.16. The maximum atomic E-state index is 13.3. The van der Waals surface area contributed by atoms with Gasteiger partial charge in [0, 0.05) is 12.0 Å². The van der Waals surface area contributed by atoms with Crippen LogP contribution in [0.3, 0.4) is 0 Å². The van der Waals surface area contributed by atoms with E-state index in [-0.39, 0.29) is 5.92 Å². The molecule has 0 unspecified atom stereocenters. The Labute approximate surface area is 155 Å². The highest BCUT2D eigenvalue weighted by atomic mass is 16.2. The third-order valence-corrected chi connectivity index (χ3v) is 6.49. The molecule has 2 heterocycles. The minimum absolute atomic E-state index is 0.200. The van der Waals surface area contributed by atoms with E-state index in [1.807, 2.05) is 0 Å². The molecule has 0 spiro atoms. The summed E-state index contributed by atoms with van der Waals surface area (Å²) in [6, 6.07) is 19.9. The first-order valence-electron chi connectivity index (χ1n) is 9.86. The van der Waals surface area contributed by atoms with Gasteiger partial charge in [0.15, 0.2) is 0 Å². The van der Waals surface area contributed by atoms with Crippen molar-refractivity contribution in [2.75, 3.05) is 0 Å². The van der Waals surface area contributed by atoms with Gasteiger partial charge in [-0.05, 0) is 60.8 Å². The maximum Gasteiger partial charge on any atom is 0.227 e. The highest BCUT2D eigenvalue weighted by Crippen LogP contribution is 2.51. The second-order valence-electron chi connectivity index (χ2n) is 8.11. The Morgan fingerprint density at radius 3 is 2.54 bits per heavy atom. The van der Waals surface area contributed by atoms with Crippen molar-refractivity contribution in [1.29, 1.82) is 0 Å². The molecule has 2 fully saturated rings. The predicted octanol–water partition coefficient (Wildman–Crippen LogP) is 4.95. The molecule has 3 aliphatic rings. The standard InChI is InChI=1S/C24H25NO/c1-16-7-5-6-10-21(16)22-15-23(22)24(26)25-19-11-12-20(25)14-18(13-19)17-8-3-2-4-9-17/h2-10,13,19-20,22-23H,11-12,14-15H2,1H3/t19-,20-,22+,23-/m1/s1. The molecule has 1 saturated carbocycles. The van der Waals surface area contributed by atoms with Crippen molar-refractivity contribution >= 4 is 11.5 Å². The summed E-state index contributed by atoms with van der Waals surface area (Å²) in [6.07, 6.45) is 6.66. The SMILES string of the molecule is Cc1ccccc1[C@@H]1C[C@H]1C(=O)N1[C@@H]2CC[C@@H]1C=C(c1ccccc1)C2. The molecule has 2 heteroatoms. The smallest absolute Gasteiger partial charge is 0.227 e. The van der Waals surface area contributed by atoms with E-state index < -0.39 is 0 Å². The fourth-order valence-corrected chi connectivity index (χ4v) is 5.05. The van der Waals surface area contributed by atoms with E-state index in [0.29, 0.717) is 23.9 Å². The van der Waals surface area contributed by atoms with Crippen molar-refractivity contribution in [3.8, 4) is 0 Å². The Balaban J connectivity index is 1.35. The maximum absolute atomic E-state index is 13.3. The minimum atomic E-state index is 0.200. The molecule has 1 amide bonds. The van der Waals surface area contributed by atoms with Crippen molar-refractivity contribution in [3.05, 3.63) is 77.4 Å².